The number of aryl methyl sites for hydroxylation is 1. The first-order chi connectivity index (χ1) is 10.2. The molecule has 22 heavy (non-hydrogen) atoms. The molecule has 1 aliphatic rings. The first-order valence-corrected chi connectivity index (χ1v) is 7.79. The van der Waals surface area contributed by atoms with E-state index < -0.39 is 11.7 Å². The van der Waals surface area contributed by atoms with E-state index in [1.54, 1.807) is 0 Å². The van der Waals surface area contributed by atoms with Gasteiger partial charge in [0.25, 0.3) is 0 Å². The molecule has 5 heteroatoms. The summed E-state index contributed by atoms with van der Waals surface area (Å²) in [4.78, 5) is 16.6. The van der Waals surface area contributed by atoms with Gasteiger partial charge in [-0.25, -0.2) is 4.79 Å². The van der Waals surface area contributed by atoms with Crippen LogP contribution in [0.2, 0.25) is 0 Å². The smallest absolute Gasteiger partial charge is 0.412 e. The Kier molecular flexibility index (Phi) is 4.96. The van der Waals surface area contributed by atoms with Crippen LogP contribution in [0.5, 0.6) is 0 Å². The molecule has 1 heterocycles. The normalized spacial score (nSPS) is 16.5. The van der Waals surface area contributed by atoms with Crippen molar-refractivity contribution < 1.29 is 9.53 Å². The van der Waals surface area contributed by atoms with Gasteiger partial charge in [-0.05, 0) is 52.4 Å². The maximum atomic E-state index is 12.0. The summed E-state index contributed by atoms with van der Waals surface area (Å²) in [5, 5.41) is 2.86. The summed E-state index contributed by atoms with van der Waals surface area (Å²) in [6, 6.07) is 6.19. The van der Waals surface area contributed by atoms with Crippen LogP contribution in [0, 0.1) is 6.92 Å². The third-order valence-electron chi connectivity index (χ3n) is 3.73. The molecule has 0 atom stereocenters. The van der Waals surface area contributed by atoms with Gasteiger partial charge in [-0.2, -0.15) is 0 Å². The number of ether oxygens (including phenoxy) is 1. The number of rotatable bonds is 2. The fraction of sp³-hybridized carbons (Fsp3) is 0.588. The van der Waals surface area contributed by atoms with Gasteiger partial charge in [0.2, 0.25) is 0 Å². The molecule has 0 radical (unpaired) electrons. The maximum absolute atomic E-state index is 12.0. The van der Waals surface area contributed by atoms with Crippen molar-refractivity contribution in [1.82, 2.24) is 4.90 Å². The van der Waals surface area contributed by atoms with Gasteiger partial charge in [0.15, 0.2) is 0 Å². The summed E-state index contributed by atoms with van der Waals surface area (Å²) in [6.07, 6.45) is -0.411. The fourth-order valence-electron chi connectivity index (χ4n) is 2.42. The van der Waals surface area contributed by atoms with Gasteiger partial charge in [0, 0.05) is 37.6 Å². The van der Waals surface area contributed by atoms with E-state index in [4.69, 9.17) is 4.74 Å². The van der Waals surface area contributed by atoms with Crippen molar-refractivity contribution >= 4 is 17.5 Å². The Morgan fingerprint density at radius 2 is 1.82 bits per heavy atom. The highest BCUT2D eigenvalue weighted by Gasteiger charge is 2.18. The molecule has 1 saturated heterocycles. The predicted octanol–water partition coefficient (Wildman–Crippen LogP) is 3.09. The van der Waals surface area contributed by atoms with E-state index in [1.807, 2.05) is 39.8 Å². The van der Waals surface area contributed by atoms with Crippen molar-refractivity contribution in [1.29, 1.82) is 0 Å². The van der Waals surface area contributed by atoms with Gasteiger partial charge in [-0.1, -0.05) is 6.07 Å². The number of carbonyl (C=O) groups excluding carboxylic acids is 1. The van der Waals surface area contributed by atoms with Crippen LogP contribution in [-0.2, 0) is 4.74 Å². The summed E-state index contributed by atoms with van der Waals surface area (Å²) >= 11 is 0. The molecule has 0 unspecified atom stereocenters. The van der Waals surface area contributed by atoms with Crippen LogP contribution in [0.25, 0.3) is 0 Å². The number of likely N-dealkylation sites (N-methyl/N-ethyl adjacent to an activating group) is 1. The van der Waals surface area contributed by atoms with Crippen LogP contribution in [0.3, 0.4) is 0 Å². The van der Waals surface area contributed by atoms with Crippen molar-refractivity contribution in [2.45, 2.75) is 33.3 Å². The van der Waals surface area contributed by atoms with E-state index in [0.717, 1.165) is 43.1 Å². The molecular formula is C17H27N3O2. The van der Waals surface area contributed by atoms with E-state index in [9.17, 15) is 4.79 Å². The van der Waals surface area contributed by atoms with Crippen molar-refractivity contribution in [3.8, 4) is 0 Å². The minimum absolute atomic E-state index is 0.411. The lowest BCUT2D eigenvalue weighted by molar-refractivity contribution is 0.0636. The van der Waals surface area contributed by atoms with Gasteiger partial charge in [0.05, 0.1) is 0 Å². The Bertz CT molecular complexity index is 529. The van der Waals surface area contributed by atoms with Crippen LogP contribution in [0.1, 0.15) is 26.3 Å². The van der Waals surface area contributed by atoms with Crippen molar-refractivity contribution in [3.05, 3.63) is 23.8 Å². The number of amides is 1. The highest BCUT2D eigenvalue weighted by Crippen LogP contribution is 2.24. The zero-order chi connectivity index (χ0) is 16.3. The van der Waals surface area contributed by atoms with E-state index >= 15 is 0 Å². The van der Waals surface area contributed by atoms with E-state index in [2.05, 4.69) is 28.2 Å². The molecular weight excluding hydrogens is 278 g/mol. The average Bonchev–Trinajstić information content (AvgIpc) is 2.40. The SMILES string of the molecule is Cc1ccc(N2CCN(C)CC2)cc1NC(=O)OC(C)(C)C. The Balaban J connectivity index is 2.08. The van der Waals surface area contributed by atoms with Crippen molar-refractivity contribution in [3.63, 3.8) is 0 Å². The van der Waals surface area contributed by atoms with Crippen LogP contribution in [0.4, 0.5) is 16.2 Å². The molecule has 1 amide bonds. The topological polar surface area (TPSA) is 44.8 Å². The third-order valence-corrected chi connectivity index (χ3v) is 3.73. The minimum atomic E-state index is -0.493. The van der Waals surface area contributed by atoms with Gasteiger partial charge < -0.3 is 14.5 Å². The highest BCUT2D eigenvalue weighted by atomic mass is 16.6. The molecule has 1 aliphatic heterocycles. The van der Waals surface area contributed by atoms with Gasteiger partial charge in [-0.15, -0.1) is 0 Å². The number of hydrogen-bond acceptors (Lipinski definition) is 4. The molecule has 1 aromatic rings. The van der Waals surface area contributed by atoms with Crippen LogP contribution < -0.4 is 10.2 Å². The first-order valence-electron chi connectivity index (χ1n) is 7.79. The molecule has 2 rings (SSSR count). The minimum Gasteiger partial charge on any atom is -0.444 e. The number of nitrogens with zero attached hydrogens (tertiary/aromatic N) is 2. The molecule has 1 fully saturated rings. The quantitative estimate of drug-likeness (QED) is 0.912. The molecule has 0 bridgehead atoms. The largest absolute Gasteiger partial charge is 0.444 e. The second kappa shape index (κ2) is 6.57. The summed E-state index contributed by atoms with van der Waals surface area (Å²) < 4.78 is 5.33. The fourth-order valence-corrected chi connectivity index (χ4v) is 2.42. The second-order valence-corrected chi connectivity index (χ2v) is 6.92. The van der Waals surface area contributed by atoms with Gasteiger partial charge in [-0.3, -0.25) is 5.32 Å². The molecule has 0 saturated carbocycles. The monoisotopic (exact) mass is 305 g/mol. The molecule has 0 aliphatic carbocycles. The highest BCUT2D eigenvalue weighted by molar-refractivity contribution is 5.86. The lowest BCUT2D eigenvalue weighted by Crippen LogP contribution is -2.44. The molecule has 0 spiro atoms. The summed E-state index contributed by atoms with van der Waals surface area (Å²) in [7, 11) is 2.14. The third kappa shape index (κ3) is 4.63. The standard InChI is InChI=1S/C17H27N3O2/c1-13-6-7-14(20-10-8-19(5)9-11-20)12-15(13)18-16(21)22-17(2,3)4/h6-7,12H,8-11H2,1-5H3,(H,18,21). The number of benzene rings is 1. The second-order valence-electron chi connectivity index (χ2n) is 6.92. The molecule has 1 aromatic carbocycles. The summed E-state index contributed by atoms with van der Waals surface area (Å²) in [6.45, 7) is 11.7. The lowest BCUT2D eigenvalue weighted by Gasteiger charge is -2.34. The Morgan fingerprint density at radius 1 is 1.18 bits per heavy atom. The Hall–Kier alpha value is -1.75. The van der Waals surface area contributed by atoms with Crippen molar-refractivity contribution in [2.24, 2.45) is 0 Å². The van der Waals surface area contributed by atoms with E-state index in [0.29, 0.717) is 0 Å². The molecule has 5 nitrogen and oxygen atoms in total. The van der Waals surface area contributed by atoms with Crippen LogP contribution in [-0.4, -0.2) is 49.8 Å². The Labute approximate surface area is 133 Å². The summed E-state index contributed by atoms with van der Waals surface area (Å²) in [5.41, 5.74) is 2.49. The number of carbonyl (C=O) groups is 1. The zero-order valence-corrected chi connectivity index (χ0v) is 14.3. The average molecular weight is 305 g/mol. The lowest BCUT2D eigenvalue weighted by atomic mass is 10.1. The van der Waals surface area contributed by atoms with Crippen LogP contribution in [0.15, 0.2) is 18.2 Å². The van der Waals surface area contributed by atoms with Crippen molar-refractivity contribution in [2.75, 3.05) is 43.4 Å². The molecule has 122 valence electrons. The number of nitrogens with one attached hydrogen (secondary N) is 1. The van der Waals surface area contributed by atoms with Crippen LogP contribution >= 0.6 is 0 Å². The van der Waals surface area contributed by atoms with Gasteiger partial charge >= 0.3 is 6.09 Å². The maximum Gasteiger partial charge on any atom is 0.412 e. The first kappa shape index (κ1) is 16.6. The van der Waals surface area contributed by atoms with Gasteiger partial charge in [0.1, 0.15) is 5.60 Å². The predicted molar refractivity (Wildman–Crippen MR) is 90.7 cm³/mol. The number of hydrogen-bond donors (Lipinski definition) is 1. The molecule has 1 N–H and O–H groups in total. The summed E-state index contributed by atoms with van der Waals surface area (Å²) in [5.74, 6) is 0. The Morgan fingerprint density at radius 3 is 2.41 bits per heavy atom. The molecule has 0 aromatic heterocycles. The number of anilines is 2. The van der Waals surface area contributed by atoms with E-state index in [1.165, 1.54) is 0 Å². The number of piperazine rings is 1. The van der Waals surface area contributed by atoms with E-state index in [-0.39, 0.29) is 0 Å². The zero-order valence-electron chi connectivity index (χ0n) is 14.3.